The smallest absolute Gasteiger partial charge is 0.127 e. The quantitative estimate of drug-likeness (QED) is 0.760. The van der Waals surface area contributed by atoms with Gasteiger partial charge in [0.05, 0.1) is 6.20 Å². The molecule has 3 nitrogen and oxygen atoms in total. The SMILES string of the molecule is Clc1ccc(Oc2ccc(-c3cn[nH]c3)cc2)cc1. The molecule has 0 amide bonds. The lowest BCUT2D eigenvalue weighted by atomic mass is 10.1. The van der Waals surface area contributed by atoms with Crippen molar-refractivity contribution in [2.24, 2.45) is 0 Å². The lowest BCUT2D eigenvalue weighted by molar-refractivity contribution is 0.483. The number of aromatic amines is 1. The summed E-state index contributed by atoms with van der Waals surface area (Å²) >= 11 is 5.83. The summed E-state index contributed by atoms with van der Waals surface area (Å²) in [6, 6.07) is 15.1. The number of aromatic nitrogens is 2. The summed E-state index contributed by atoms with van der Waals surface area (Å²) in [5.41, 5.74) is 2.15. The fraction of sp³-hybridized carbons (Fsp3) is 0. The summed E-state index contributed by atoms with van der Waals surface area (Å²) in [6.07, 6.45) is 3.64. The zero-order valence-corrected chi connectivity index (χ0v) is 10.8. The van der Waals surface area contributed by atoms with E-state index in [2.05, 4.69) is 10.2 Å². The highest BCUT2D eigenvalue weighted by atomic mass is 35.5. The molecule has 2 aromatic carbocycles. The monoisotopic (exact) mass is 270 g/mol. The van der Waals surface area contributed by atoms with Crippen LogP contribution in [0.15, 0.2) is 60.9 Å². The minimum absolute atomic E-state index is 0.697. The van der Waals surface area contributed by atoms with Crippen molar-refractivity contribution in [1.82, 2.24) is 10.2 Å². The molecule has 3 aromatic rings. The van der Waals surface area contributed by atoms with Gasteiger partial charge >= 0.3 is 0 Å². The first-order valence-corrected chi connectivity index (χ1v) is 6.22. The first-order chi connectivity index (χ1) is 9.31. The molecule has 0 aliphatic carbocycles. The molecule has 0 radical (unpaired) electrons. The number of benzene rings is 2. The maximum Gasteiger partial charge on any atom is 0.127 e. The average Bonchev–Trinajstić information content (AvgIpc) is 2.96. The van der Waals surface area contributed by atoms with Gasteiger partial charge in [-0.15, -0.1) is 0 Å². The van der Waals surface area contributed by atoms with Gasteiger partial charge in [-0.25, -0.2) is 0 Å². The maximum absolute atomic E-state index is 5.83. The van der Waals surface area contributed by atoms with Crippen LogP contribution in [0, 0.1) is 0 Å². The van der Waals surface area contributed by atoms with Crippen molar-refractivity contribution in [1.29, 1.82) is 0 Å². The first kappa shape index (κ1) is 11.8. The molecule has 0 atom stereocenters. The number of nitrogens with one attached hydrogen (secondary N) is 1. The fourth-order valence-corrected chi connectivity index (χ4v) is 1.89. The Bertz CT molecular complexity index is 646. The second-order valence-corrected chi connectivity index (χ2v) is 4.50. The normalized spacial score (nSPS) is 10.4. The van der Waals surface area contributed by atoms with Gasteiger partial charge in [0, 0.05) is 16.8 Å². The zero-order chi connectivity index (χ0) is 13.1. The molecule has 0 unspecified atom stereocenters. The van der Waals surface area contributed by atoms with E-state index in [1.807, 2.05) is 42.6 Å². The summed E-state index contributed by atoms with van der Waals surface area (Å²) < 4.78 is 5.72. The Morgan fingerprint density at radius 3 is 2.05 bits per heavy atom. The molecule has 0 bridgehead atoms. The van der Waals surface area contributed by atoms with Gasteiger partial charge in [0.25, 0.3) is 0 Å². The van der Waals surface area contributed by atoms with Crippen molar-refractivity contribution in [3.63, 3.8) is 0 Å². The van der Waals surface area contributed by atoms with Gasteiger partial charge < -0.3 is 4.74 Å². The van der Waals surface area contributed by atoms with Gasteiger partial charge in [-0.2, -0.15) is 5.10 Å². The van der Waals surface area contributed by atoms with Crippen LogP contribution in [0.1, 0.15) is 0 Å². The van der Waals surface area contributed by atoms with Gasteiger partial charge in [-0.1, -0.05) is 23.7 Å². The molecule has 0 spiro atoms. The number of nitrogens with zero attached hydrogens (tertiary/aromatic N) is 1. The molecule has 0 saturated carbocycles. The van der Waals surface area contributed by atoms with Crippen molar-refractivity contribution < 1.29 is 4.74 Å². The maximum atomic E-state index is 5.83. The number of ether oxygens (including phenoxy) is 1. The van der Waals surface area contributed by atoms with Crippen LogP contribution in [-0.2, 0) is 0 Å². The predicted octanol–water partition coefficient (Wildman–Crippen LogP) is 4.52. The van der Waals surface area contributed by atoms with E-state index in [1.165, 1.54) is 0 Å². The highest BCUT2D eigenvalue weighted by molar-refractivity contribution is 6.30. The summed E-state index contributed by atoms with van der Waals surface area (Å²) in [7, 11) is 0. The lowest BCUT2D eigenvalue weighted by Gasteiger charge is -2.06. The molecule has 94 valence electrons. The molecule has 1 heterocycles. The molecular formula is C15H11ClN2O. The van der Waals surface area contributed by atoms with Gasteiger partial charge in [0.1, 0.15) is 11.5 Å². The molecule has 3 rings (SSSR count). The number of rotatable bonds is 3. The number of hydrogen-bond acceptors (Lipinski definition) is 2. The first-order valence-electron chi connectivity index (χ1n) is 5.84. The zero-order valence-electron chi connectivity index (χ0n) is 10.0. The molecule has 19 heavy (non-hydrogen) atoms. The van der Waals surface area contributed by atoms with Crippen LogP contribution in [0.4, 0.5) is 0 Å². The van der Waals surface area contributed by atoms with E-state index in [0.29, 0.717) is 5.02 Å². The Labute approximate surface area is 115 Å². The summed E-state index contributed by atoms with van der Waals surface area (Å²) in [5.74, 6) is 1.55. The van der Waals surface area contributed by atoms with Gasteiger partial charge in [-0.3, -0.25) is 5.10 Å². The van der Waals surface area contributed by atoms with Crippen LogP contribution < -0.4 is 4.74 Å². The van der Waals surface area contributed by atoms with E-state index in [4.69, 9.17) is 16.3 Å². The van der Waals surface area contributed by atoms with E-state index >= 15 is 0 Å². The summed E-state index contributed by atoms with van der Waals surface area (Å²) in [4.78, 5) is 0. The largest absolute Gasteiger partial charge is 0.457 e. The Hall–Kier alpha value is -2.26. The molecule has 0 saturated heterocycles. The predicted molar refractivity (Wildman–Crippen MR) is 75.5 cm³/mol. The van der Waals surface area contributed by atoms with Crippen LogP contribution in [0.3, 0.4) is 0 Å². The van der Waals surface area contributed by atoms with Crippen molar-refractivity contribution in [2.75, 3.05) is 0 Å². The lowest BCUT2D eigenvalue weighted by Crippen LogP contribution is -1.83. The van der Waals surface area contributed by atoms with Crippen LogP contribution in [0.5, 0.6) is 11.5 Å². The average molecular weight is 271 g/mol. The third-order valence-corrected chi connectivity index (χ3v) is 2.99. The van der Waals surface area contributed by atoms with Gasteiger partial charge in [0.2, 0.25) is 0 Å². The highest BCUT2D eigenvalue weighted by Gasteiger charge is 2.00. The standard InChI is InChI=1S/C15H11ClN2O/c16-13-3-7-15(8-4-13)19-14-5-1-11(2-6-14)12-9-17-18-10-12/h1-10H,(H,17,18). The molecular weight excluding hydrogens is 260 g/mol. The third-order valence-electron chi connectivity index (χ3n) is 2.74. The van der Waals surface area contributed by atoms with Gasteiger partial charge in [0.15, 0.2) is 0 Å². The van der Waals surface area contributed by atoms with Crippen LogP contribution in [0.25, 0.3) is 11.1 Å². The van der Waals surface area contributed by atoms with Gasteiger partial charge in [-0.05, 0) is 42.0 Å². The van der Waals surface area contributed by atoms with E-state index < -0.39 is 0 Å². The summed E-state index contributed by atoms with van der Waals surface area (Å²) in [6.45, 7) is 0. The minimum Gasteiger partial charge on any atom is -0.457 e. The molecule has 0 aliphatic rings. The summed E-state index contributed by atoms with van der Waals surface area (Å²) in [5, 5.41) is 7.42. The third kappa shape index (κ3) is 2.77. The number of H-pyrrole nitrogens is 1. The van der Waals surface area contributed by atoms with E-state index in [0.717, 1.165) is 22.6 Å². The van der Waals surface area contributed by atoms with Crippen molar-refractivity contribution in [2.45, 2.75) is 0 Å². The minimum atomic E-state index is 0.697. The topological polar surface area (TPSA) is 37.9 Å². The van der Waals surface area contributed by atoms with Crippen LogP contribution >= 0.6 is 11.6 Å². The molecule has 0 aliphatic heterocycles. The van der Waals surface area contributed by atoms with E-state index in [1.54, 1.807) is 18.3 Å². The molecule has 4 heteroatoms. The van der Waals surface area contributed by atoms with Crippen LogP contribution in [-0.4, -0.2) is 10.2 Å². The number of halogens is 1. The Morgan fingerprint density at radius 1 is 0.842 bits per heavy atom. The molecule has 1 aromatic heterocycles. The highest BCUT2D eigenvalue weighted by Crippen LogP contribution is 2.26. The Morgan fingerprint density at radius 2 is 1.47 bits per heavy atom. The number of hydrogen-bond donors (Lipinski definition) is 1. The fourth-order valence-electron chi connectivity index (χ4n) is 1.76. The van der Waals surface area contributed by atoms with Crippen molar-refractivity contribution in [3.05, 3.63) is 65.9 Å². The van der Waals surface area contributed by atoms with Crippen molar-refractivity contribution >= 4 is 11.6 Å². The Kier molecular flexibility index (Phi) is 3.21. The molecule has 1 N–H and O–H groups in total. The second-order valence-electron chi connectivity index (χ2n) is 4.07. The van der Waals surface area contributed by atoms with Crippen molar-refractivity contribution in [3.8, 4) is 22.6 Å². The van der Waals surface area contributed by atoms with Crippen LogP contribution in [0.2, 0.25) is 5.02 Å². The van der Waals surface area contributed by atoms with E-state index in [9.17, 15) is 0 Å². The second kappa shape index (κ2) is 5.16. The Balaban J connectivity index is 1.77. The molecule has 0 fully saturated rings. The van der Waals surface area contributed by atoms with E-state index in [-0.39, 0.29) is 0 Å².